The Morgan fingerprint density at radius 2 is 1.48 bits per heavy atom. The van der Waals surface area contributed by atoms with Crippen LogP contribution in [0.25, 0.3) is 0 Å². The third kappa shape index (κ3) is 17.7. The third-order valence-electron chi connectivity index (χ3n) is 2.98. The van der Waals surface area contributed by atoms with Gasteiger partial charge in [0.05, 0.1) is 5.75 Å². The first-order valence-corrected chi connectivity index (χ1v) is 11.4. The highest BCUT2D eigenvalue weighted by molar-refractivity contribution is 8.76. The van der Waals surface area contributed by atoms with Gasteiger partial charge in [-0.2, -0.15) is 0 Å². The van der Waals surface area contributed by atoms with Crippen molar-refractivity contribution in [1.29, 1.82) is 0 Å². The van der Waals surface area contributed by atoms with E-state index in [-0.39, 0.29) is 23.0 Å². The van der Waals surface area contributed by atoms with E-state index in [9.17, 15) is 19.2 Å². The number of urea groups is 2. The maximum absolute atomic E-state index is 11.6. The molecule has 0 aromatic rings. The molecule has 10 heteroatoms. The van der Waals surface area contributed by atoms with Crippen LogP contribution in [0, 0.1) is 11.3 Å². The van der Waals surface area contributed by atoms with E-state index in [1.165, 1.54) is 21.6 Å². The van der Waals surface area contributed by atoms with E-state index in [0.29, 0.717) is 31.2 Å². The molecule has 0 radical (unpaired) electrons. The monoisotopic (exact) mass is 420 g/mol. The zero-order valence-corrected chi connectivity index (χ0v) is 18.4. The van der Waals surface area contributed by atoms with Crippen molar-refractivity contribution in [3.05, 3.63) is 0 Å². The Morgan fingerprint density at radius 1 is 0.889 bits per heavy atom. The highest BCUT2D eigenvalue weighted by atomic mass is 33.1. The lowest BCUT2D eigenvalue weighted by Gasteiger charge is -2.18. The van der Waals surface area contributed by atoms with Gasteiger partial charge in [-0.1, -0.05) is 56.2 Å². The lowest BCUT2D eigenvalue weighted by atomic mass is 9.97. The summed E-state index contributed by atoms with van der Waals surface area (Å²) in [5, 5.41) is 9.76. The zero-order chi connectivity index (χ0) is 20.9. The molecule has 0 rings (SSSR count). The van der Waals surface area contributed by atoms with Crippen LogP contribution in [0.2, 0.25) is 0 Å². The van der Waals surface area contributed by atoms with Gasteiger partial charge in [-0.25, -0.2) is 9.59 Å². The predicted molar refractivity (Wildman–Crippen MR) is 112 cm³/mol. The van der Waals surface area contributed by atoms with Crippen molar-refractivity contribution in [2.45, 2.75) is 47.5 Å². The first-order chi connectivity index (χ1) is 12.5. The Hall–Kier alpha value is -1.42. The first kappa shape index (κ1) is 25.6. The SMILES string of the molecule is CC(C)CCC(=O)NC(=O)NCCSSCC(=O)NC(=O)NCC(C)(C)C. The summed E-state index contributed by atoms with van der Waals surface area (Å²) in [6, 6.07) is -1.01. The second-order valence-corrected chi connectivity index (χ2v) is 10.2. The number of rotatable bonds is 10. The van der Waals surface area contributed by atoms with Crippen molar-refractivity contribution in [2.24, 2.45) is 11.3 Å². The maximum Gasteiger partial charge on any atom is 0.321 e. The Bertz CT molecular complexity index is 508. The maximum atomic E-state index is 11.6. The van der Waals surface area contributed by atoms with Crippen LogP contribution in [0.15, 0.2) is 0 Å². The summed E-state index contributed by atoms with van der Waals surface area (Å²) in [6.45, 7) is 10.8. The third-order valence-corrected chi connectivity index (χ3v) is 5.25. The van der Waals surface area contributed by atoms with Crippen LogP contribution >= 0.6 is 21.6 Å². The van der Waals surface area contributed by atoms with Crippen LogP contribution in [0.3, 0.4) is 0 Å². The summed E-state index contributed by atoms with van der Waals surface area (Å²) in [5.41, 5.74) is -0.0523. The van der Waals surface area contributed by atoms with Gasteiger partial charge in [0.2, 0.25) is 11.8 Å². The predicted octanol–water partition coefficient (Wildman–Crippen LogP) is 2.50. The summed E-state index contributed by atoms with van der Waals surface area (Å²) in [5.74, 6) is 0.453. The molecule has 0 aliphatic heterocycles. The largest absolute Gasteiger partial charge is 0.337 e. The molecule has 8 nitrogen and oxygen atoms in total. The van der Waals surface area contributed by atoms with Gasteiger partial charge in [0.15, 0.2) is 0 Å². The number of hydrogen-bond donors (Lipinski definition) is 4. The van der Waals surface area contributed by atoms with E-state index in [1.54, 1.807) is 0 Å². The van der Waals surface area contributed by atoms with E-state index < -0.39 is 12.1 Å². The molecule has 0 aliphatic carbocycles. The average molecular weight is 421 g/mol. The van der Waals surface area contributed by atoms with Crippen LogP contribution < -0.4 is 21.3 Å². The molecule has 0 heterocycles. The topological polar surface area (TPSA) is 116 Å². The molecule has 6 amide bonds. The van der Waals surface area contributed by atoms with E-state index in [1.807, 2.05) is 34.6 Å². The van der Waals surface area contributed by atoms with Gasteiger partial charge in [-0.15, -0.1) is 0 Å². The van der Waals surface area contributed by atoms with E-state index in [4.69, 9.17) is 0 Å². The molecule has 0 unspecified atom stereocenters. The quantitative estimate of drug-likeness (QED) is 0.319. The van der Waals surface area contributed by atoms with Gasteiger partial charge < -0.3 is 10.6 Å². The number of imide groups is 2. The summed E-state index contributed by atoms with van der Waals surface area (Å²) in [7, 11) is 2.69. The number of nitrogens with one attached hydrogen (secondary N) is 4. The Balaban J connectivity index is 3.67. The van der Waals surface area contributed by atoms with Crippen molar-refractivity contribution in [3.63, 3.8) is 0 Å². The molecule has 27 heavy (non-hydrogen) atoms. The van der Waals surface area contributed by atoms with Gasteiger partial charge in [-0.05, 0) is 17.8 Å². The Labute approximate surface area is 169 Å². The minimum Gasteiger partial charge on any atom is -0.337 e. The van der Waals surface area contributed by atoms with Crippen LogP contribution in [0.5, 0.6) is 0 Å². The fourth-order valence-corrected chi connectivity index (χ4v) is 3.31. The molecule has 0 saturated carbocycles. The molecule has 156 valence electrons. The molecular weight excluding hydrogens is 388 g/mol. The van der Waals surface area contributed by atoms with Crippen LogP contribution in [-0.4, -0.2) is 48.5 Å². The lowest BCUT2D eigenvalue weighted by Crippen LogP contribution is -2.43. The van der Waals surface area contributed by atoms with Gasteiger partial charge in [0, 0.05) is 25.3 Å². The minimum absolute atomic E-state index is 0.0523. The van der Waals surface area contributed by atoms with Crippen molar-refractivity contribution in [2.75, 3.05) is 24.6 Å². The highest BCUT2D eigenvalue weighted by Crippen LogP contribution is 2.19. The minimum atomic E-state index is -0.511. The fraction of sp³-hybridized carbons (Fsp3) is 0.765. The number of amides is 6. The Morgan fingerprint density at radius 3 is 2.07 bits per heavy atom. The summed E-state index contributed by atoms with van der Waals surface area (Å²) in [6.07, 6.45) is 1.07. The fourth-order valence-electron chi connectivity index (χ4n) is 1.57. The summed E-state index contributed by atoms with van der Waals surface area (Å²) in [4.78, 5) is 46.2. The average Bonchev–Trinajstić information content (AvgIpc) is 2.53. The smallest absolute Gasteiger partial charge is 0.321 e. The summed E-state index contributed by atoms with van der Waals surface area (Å²) >= 11 is 0. The first-order valence-electron chi connectivity index (χ1n) is 8.89. The molecule has 0 atom stereocenters. The van der Waals surface area contributed by atoms with Gasteiger partial charge >= 0.3 is 12.1 Å². The lowest BCUT2D eigenvalue weighted by molar-refractivity contribution is -0.120. The highest BCUT2D eigenvalue weighted by Gasteiger charge is 2.13. The van der Waals surface area contributed by atoms with Crippen LogP contribution in [0.4, 0.5) is 9.59 Å². The van der Waals surface area contributed by atoms with Crippen molar-refractivity contribution >= 4 is 45.5 Å². The zero-order valence-electron chi connectivity index (χ0n) is 16.8. The molecule has 4 N–H and O–H groups in total. The summed E-state index contributed by atoms with van der Waals surface area (Å²) < 4.78 is 0. The molecule has 0 aromatic heterocycles. The van der Waals surface area contributed by atoms with Crippen LogP contribution in [-0.2, 0) is 9.59 Å². The van der Waals surface area contributed by atoms with Crippen molar-refractivity contribution in [1.82, 2.24) is 21.3 Å². The second kappa shape index (κ2) is 13.7. The van der Waals surface area contributed by atoms with Gasteiger partial charge in [0.25, 0.3) is 0 Å². The van der Waals surface area contributed by atoms with Crippen LogP contribution in [0.1, 0.15) is 47.5 Å². The van der Waals surface area contributed by atoms with Gasteiger partial charge in [-0.3, -0.25) is 20.2 Å². The second-order valence-electron chi connectivity index (χ2n) is 7.61. The molecule has 0 bridgehead atoms. The van der Waals surface area contributed by atoms with E-state index >= 15 is 0 Å². The molecular formula is C17H32N4O4S2. The molecule has 0 saturated heterocycles. The number of hydrogen-bond acceptors (Lipinski definition) is 6. The number of carbonyl (C=O) groups excluding carboxylic acids is 4. The number of carbonyl (C=O) groups is 4. The van der Waals surface area contributed by atoms with Crippen molar-refractivity contribution < 1.29 is 19.2 Å². The Kier molecular flexibility index (Phi) is 13.0. The molecule has 0 spiro atoms. The molecule has 0 aromatic carbocycles. The van der Waals surface area contributed by atoms with Crippen molar-refractivity contribution in [3.8, 4) is 0 Å². The standard InChI is InChI=1S/C17H32N4O4S2/c1-12(2)6-7-13(22)20-15(24)18-8-9-26-27-10-14(23)21-16(25)19-11-17(3,4)5/h12H,6-11H2,1-5H3,(H2,18,20,22,24)(H2,19,21,23,25). The van der Waals surface area contributed by atoms with Gasteiger partial charge in [0.1, 0.15) is 0 Å². The normalized spacial score (nSPS) is 11.0. The van der Waals surface area contributed by atoms with E-state index in [0.717, 1.165) is 6.42 Å². The molecule has 0 aliphatic rings. The molecule has 0 fully saturated rings. The van der Waals surface area contributed by atoms with E-state index in [2.05, 4.69) is 21.3 Å².